The summed E-state index contributed by atoms with van der Waals surface area (Å²) in [6.07, 6.45) is 1.67. The average molecular weight is 529 g/mol. The van der Waals surface area contributed by atoms with Gasteiger partial charge in [-0.1, -0.05) is 61.4 Å². The lowest BCUT2D eigenvalue weighted by molar-refractivity contribution is 0.0988. The van der Waals surface area contributed by atoms with Crippen LogP contribution in [0.2, 0.25) is 0 Å². The lowest BCUT2D eigenvalue weighted by atomic mass is 10.2. The van der Waals surface area contributed by atoms with E-state index in [1.165, 1.54) is 16.3 Å². The van der Waals surface area contributed by atoms with Crippen LogP contribution >= 0.6 is 43.2 Å². The number of hydrazone groups is 1. The lowest BCUT2D eigenvalue weighted by Crippen LogP contribution is -2.25. The second-order valence-corrected chi connectivity index (χ2v) is 9.23. The maximum absolute atomic E-state index is 13.2. The Morgan fingerprint density at radius 2 is 1.66 bits per heavy atom. The third-order valence-electron chi connectivity index (χ3n) is 4.19. The van der Waals surface area contributed by atoms with Gasteiger partial charge in [-0.2, -0.15) is 10.1 Å². The first-order chi connectivity index (χ1) is 14.0. The zero-order chi connectivity index (χ0) is 20.4. The molecule has 7 heteroatoms. The number of carbonyl (C=O) groups is 1. The van der Waals surface area contributed by atoms with E-state index >= 15 is 0 Å². The van der Waals surface area contributed by atoms with Gasteiger partial charge in [-0.25, -0.2) is 4.98 Å². The van der Waals surface area contributed by atoms with E-state index < -0.39 is 0 Å². The summed E-state index contributed by atoms with van der Waals surface area (Å²) < 4.78 is 2.92. The highest BCUT2D eigenvalue weighted by Crippen LogP contribution is 2.31. The SMILES string of the molecule is Cc1ccc2nc(N(/N=C/c3ccc(Br)cc3)C(=O)c3ccc(Br)cc3)sc2c1. The minimum absolute atomic E-state index is 0.235. The molecule has 0 aliphatic heterocycles. The van der Waals surface area contributed by atoms with Gasteiger partial charge in [-0.05, 0) is 66.6 Å². The molecule has 1 aromatic heterocycles. The van der Waals surface area contributed by atoms with Crippen LogP contribution in [0.15, 0.2) is 80.8 Å². The van der Waals surface area contributed by atoms with E-state index in [2.05, 4.69) is 48.0 Å². The second kappa shape index (κ2) is 8.57. The van der Waals surface area contributed by atoms with Gasteiger partial charge in [0.2, 0.25) is 5.13 Å². The van der Waals surface area contributed by atoms with Gasteiger partial charge in [0.15, 0.2) is 0 Å². The molecule has 0 bridgehead atoms. The van der Waals surface area contributed by atoms with Crippen LogP contribution in [0.5, 0.6) is 0 Å². The fourth-order valence-corrected chi connectivity index (χ4v) is 4.24. The highest BCUT2D eigenvalue weighted by Gasteiger charge is 2.21. The number of hydrogen-bond donors (Lipinski definition) is 0. The minimum atomic E-state index is -0.235. The molecule has 4 aromatic rings. The predicted molar refractivity (Wildman–Crippen MR) is 127 cm³/mol. The number of anilines is 1. The van der Waals surface area contributed by atoms with Crippen LogP contribution < -0.4 is 5.01 Å². The van der Waals surface area contributed by atoms with Gasteiger partial charge in [-0.3, -0.25) is 4.79 Å². The summed E-state index contributed by atoms with van der Waals surface area (Å²) in [5, 5.41) is 6.39. The van der Waals surface area contributed by atoms with Crippen LogP contribution in [0, 0.1) is 6.92 Å². The molecule has 1 amide bonds. The molecule has 0 spiro atoms. The molecule has 29 heavy (non-hydrogen) atoms. The molecule has 0 radical (unpaired) electrons. The van der Waals surface area contributed by atoms with Gasteiger partial charge in [-0.15, -0.1) is 0 Å². The maximum Gasteiger partial charge on any atom is 0.280 e. The summed E-state index contributed by atoms with van der Waals surface area (Å²) in [6, 6.07) is 21.0. The molecule has 0 N–H and O–H groups in total. The van der Waals surface area contributed by atoms with Crippen molar-refractivity contribution in [3.8, 4) is 0 Å². The third kappa shape index (κ3) is 4.63. The number of thiazole rings is 1. The van der Waals surface area contributed by atoms with E-state index in [1.54, 1.807) is 18.3 Å². The normalized spacial score (nSPS) is 11.3. The smallest absolute Gasteiger partial charge is 0.267 e. The molecule has 3 aromatic carbocycles. The average Bonchev–Trinajstić information content (AvgIpc) is 3.12. The predicted octanol–water partition coefficient (Wildman–Crippen LogP) is 6.81. The maximum atomic E-state index is 13.2. The highest BCUT2D eigenvalue weighted by molar-refractivity contribution is 9.10. The highest BCUT2D eigenvalue weighted by atomic mass is 79.9. The van der Waals surface area contributed by atoms with Crippen molar-refractivity contribution in [1.82, 2.24) is 4.98 Å². The third-order valence-corrected chi connectivity index (χ3v) is 6.24. The second-order valence-electron chi connectivity index (χ2n) is 6.39. The molecule has 0 unspecified atom stereocenters. The Morgan fingerprint density at radius 1 is 1.00 bits per heavy atom. The van der Waals surface area contributed by atoms with Crippen LogP contribution in [0.4, 0.5) is 5.13 Å². The molecule has 0 fully saturated rings. The molecule has 4 rings (SSSR count). The van der Waals surface area contributed by atoms with Gasteiger partial charge < -0.3 is 0 Å². The number of aryl methyl sites for hydroxylation is 1. The Hall–Kier alpha value is -2.35. The van der Waals surface area contributed by atoms with Crippen LogP contribution in [0.25, 0.3) is 10.2 Å². The summed E-state index contributed by atoms with van der Waals surface area (Å²) in [7, 11) is 0. The van der Waals surface area contributed by atoms with Crippen molar-refractivity contribution < 1.29 is 4.79 Å². The monoisotopic (exact) mass is 527 g/mol. The van der Waals surface area contributed by atoms with Crippen molar-refractivity contribution in [3.05, 3.63) is 92.4 Å². The van der Waals surface area contributed by atoms with Crippen molar-refractivity contribution in [1.29, 1.82) is 0 Å². The Balaban J connectivity index is 1.75. The minimum Gasteiger partial charge on any atom is -0.267 e. The van der Waals surface area contributed by atoms with Crippen LogP contribution in [0.3, 0.4) is 0 Å². The van der Waals surface area contributed by atoms with E-state index in [9.17, 15) is 4.79 Å². The van der Waals surface area contributed by atoms with Crippen LogP contribution in [0.1, 0.15) is 21.5 Å². The quantitative estimate of drug-likeness (QED) is 0.216. The van der Waals surface area contributed by atoms with Gasteiger partial charge in [0.1, 0.15) is 0 Å². The molecule has 1 heterocycles. The topological polar surface area (TPSA) is 45.6 Å². The first-order valence-corrected chi connectivity index (χ1v) is 11.2. The van der Waals surface area contributed by atoms with E-state index in [0.717, 1.165) is 30.3 Å². The number of aromatic nitrogens is 1. The van der Waals surface area contributed by atoms with Crippen molar-refractivity contribution in [2.24, 2.45) is 5.10 Å². The molecule has 0 saturated heterocycles. The fraction of sp³-hybridized carbons (Fsp3) is 0.0455. The van der Waals surface area contributed by atoms with Gasteiger partial charge >= 0.3 is 0 Å². The number of benzene rings is 3. The Morgan fingerprint density at radius 3 is 2.34 bits per heavy atom. The van der Waals surface area contributed by atoms with E-state index in [4.69, 9.17) is 0 Å². The molecule has 0 atom stereocenters. The zero-order valence-electron chi connectivity index (χ0n) is 15.3. The number of nitrogens with zero attached hydrogens (tertiary/aromatic N) is 3. The lowest BCUT2D eigenvalue weighted by Gasteiger charge is -2.14. The first-order valence-electron chi connectivity index (χ1n) is 8.76. The summed E-state index contributed by atoms with van der Waals surface area (Å²) in [5.41, 5.74) is 3.43. The van der Waals surface area contributed by atoms with E-state index in [0.29, 0.717) is 10.7 Å². The Bertz CT molecular complexity index is 1200. The molecule has 144 valence electrons. The molecular weight excluding hydrogens is 514 g/mol. The number of rotatable bonds is 4. The first kappa shape index (κ1) is 19.9. The summed E-state index contributed by atoms with van der Waals surface area (Å²) in [6.45, 7) is 2.04. The van der Waals surface area contributed by atoms with Crippen molar-refractivity contribution >= 4 is 70.7 Å². The number of halogens is 2. The molecular formula is C22H15Br2N3OS. The van der Waals surface area contributed by atoms with Crippen molar-refractivity contribution in [2.75, 3.05) is 5.01 Å². The summed E-state index contributed by atoms with van der Waals surface area (Å²) in [4.78, 5) is 17.9. The number of carbonyl (C=O) groups excluding carboxylic acids is 1. The van der Waals surface area contributed by atoms with Crippen molar-refractivity contribution in [3.63, 3.8) is 0 Å². The molecule has 0 saturated carbocycles. The van der Waals surface area contributed by atoms with Crippen molar-refractivity contribution in [2.45, 2.75) is 6.92 Å². The van der Waals surface area contributed by atoms with Crippen LogP contribution in [-0.2, 0) is 0 Å². The molecule has 0 aliphatic rings. The van der Waals surface area contributed by atoms with Gasteiger partial charge in [0.05, 0.1) is 16.4 Å². The van der Waals surface area contributed by atoms with E-state index in [1.807, 2.05) is 55.5 Å². The Labute approximate surface area is 189 Å². The van der Waals surface area contributed by atoms with Crippen LogP contribution in [-0.4, -0.2) is 17.1 Å². The van der Waals surface area contributed by atoms with Gasteiger partial charge in [0.25, 0.3) is 5.91 Å². The Kier molecular flexibility index (Phi) is 5.89. The molecule has 0 aliphatic carbocycles. The van der Waals surface area contributed by atoms with Gasteiger partial charge in [0, 0.05) is 14.5 Å². The molecule has 4 nitrogen and oxygen atoms in total. The largest absolute Gasteiger partial charge is 0.280 e. The van der Waals surface area contributed by atoms with E-state index in [-0.39, 0.29) is 5.91 Å². The summed E-state index contributed by atoms with van der Waals surface area (Å²) in [5.74, 6) is -0.235. The zero-order valence-corrected chi connectivity index (χ0v) is 19.3. The number of fused-ring (bicyclic) bond motifs is 1. The number of amides is 1. The number of hydrogen-bond acceptors (Lipinski definition) is 4. The standard InChI is InChI=1S/C22H15Br2N3OS/c1-14-2-11-19-20(12-14)29-22(26-19)27(21(28)16-5-9-18(24)10-6-16)25-13-15-3-7-17(23)8-4-15/h2-13H,1H3/b25-13+. The summed E-state index contributed by atoms with van der Waals surface area (Å²) >= 11 is 8.28. The fourth-order valence-electron chi connectivity index (χ4n) is 2.69.